The Hall–Kier alpha value is -0.940. The lowest BCUT2D eigenvalue weighted by atomic mass is 9.89. The van der Waals surface area contributed by atoms with Gasteiger partial charge in [-0.3, -0.25) is 4.90 Å². The molecule has 2 N–H and O–H groups in total. The summed E-state index contributed by atoms with van der Waals surface area (Å²) in [6.07, 6.45) is 2.60. The molecule has 9 heteroatoms. The number of guanidine groups is 1. The number of ether oxygens (including phenoxy) is 1. The minimum atomic E-state index is 0. The average molecular weight is 521 g/mol. The van der Waals surface area contributed by atoms with Gasteiger partial charge in [-0.05, 0) is 38.3 Å². The van der Waals surface area contributed by atoms with Gasteiger partial charge in [0.1, 0.15) is 12.4 Å². The summed E-state index contributed by atoms with van der Waals surface area (Å²) in [7, 11) is 3.74. The van der Waals surface area contributed by atoms with Crippen molar-refractivity contribution in [2.45, 2.75) is 66.2 Å². The van der Waals surface area contributed by atoms with E-state index in [0.29, 0.717) is 19.1 Å². The third-order valence-corrected chi connectivity index (χ3v) is 5.68. The molecule has 0 aliphatic carbocycles. The number of aryl methyl sites for hydroxylation is 1. The lowest BCUT2D eigenvalue weighted by Gasteiger charge is -2.30. The first kappa shape index (κ1) is 26.1. The molecule has 2 atom stereocenters. The molecule has 0 radical (unpaired) electrons. The van der Waals surface area contributed by atoms with Crippen LogP contribution in [0.5, 0.6) is 0 Å². The van der Waals surface area contributed by atoms with Gasteiger partial charge in [-0.25, -0.2) is 4.99 Å². The summed E-state index contributed by atoms with van der Waals surface area (Å²) in [4.78, 5) is 7.30. The molecule has 1 saturated heterocycles. The van der Waals surface area contributed by atoms with Crippen LogP contribution in [-0.2, 0) is 18.3 Å². The predicted molar refractivity (Wildman–Crippen MR) is 129 cm³/mol. The number of nitrogens with one attached hydrogen (secondary N) is 2. The first-order chi connectivity index (χ1) is 13.3. The number of aliphatic imine (C=N–C) groups is 1. The van der Waals surface area contributed by atoms with Crippen LogP contribution in [0.15, 0.2) is 4.99 Å². The molecule has 0 saturated carbocycles. The van der Waals surface area contributed by atoms with Gasteiger partial charge >= 0.3 is 0 Å². The fourth-order valence-corrected chi connectivity index (χ4v) is 3.60. The number of hydrogen-bond donors (Lipinski definition) is 2. The van der Waals surface area contributed by atoms with Crippen molar-refractivity contribution in [2.24, 2.45) is 17.5 Å². The van der Waals surface area contributed by atoms with Gasteiger partial charge in [0.15, 0.2) is 11.8 Å². The van der Waals surface area contributed by atoms with Gasteiger partial charge < -0.3 is 19.9 Å². The topological polar surface area (TPSA) is 79.6 Å². The lowest BCUT2D eigenvalue weighted by molar-refractivity contribution is 0.0205. The molecule has 0 spiro atoms. The van der Waals surface area contributed by atoms with E-state index < -0.39 is 0 Å². The molecule has 168 valence electrons. The van der Waals surface area contributed by atoms with E-state index in [1.165, 1.54) is 19.4 Å². The lowest BCUT2D eigenvalue weighted by Crippen LogP contribution is -2.48. The van der Waals surface area contributed by atoms with E-state index in [1.54, 1.807) is 7.11 Å². The summed E-state index contributed by atoms with van der Waals surface area (Å²) in [5.41, 5.74) is 0.0536. The van der Waals surface area contributed by atoms with Gasteiger partial charge in [0.25, 0.3) is 0 Å². The summed E-state index contributed by atoms with van der Waals surface area (Å²) in [6.45, 7) is 15.1. The molecule has 1 aromatic heterocycles. The van der Waals surface area contributed by atoms with Crippen LogP contribution in [0.3, 0.4) is 0 Å². The van der Waals surface area contributed by atoms with E-state index in [9.17, 15) is 0 Å². The van der Waals surface area contributed by atoms with E-state index in [2.05, 4.69) is 53.4 Å². The molecule has 29 heavy (non-hydrogen) atoms. The van der Waals surface area contributed by atoms with Gasteiger partial charge in [0.05, 0.1) is 6.10 Å². The molecule has 1 aliphatic rings. The summed E-state index contributed by atoms with van der Waals surface area (Å²) in [6, 6.07) is 0.565. The Bertz CT molecular complexity index is 641. The van der Waals surface area contributed by atoms with Crippen LogP contribution in [0.2, 0.25) is 0 Å². The fraction of sp³-hybridized carbons (Fsp3) is 0.850. The molecular formula is C20H40IN7O. The molecular weight excluding hydrogens is 481 g/mol. The van der Waals surface area contributed by atoms with Crippen LogP contribution in [0, 0.1) is 12.3 Å². The number of likely N-dealkylation sites (tertiary alicyclic amines) is 1. The molecule has 1 aliphatic heterocycles. The van der Waals surface area contributed by atoms with E-state index in [4.69, 9.17) is 9.73 Å². The van der Waals surface area contributed by atoms with Crippen molar-refractivity contribution in [1.29, 1.82) is 0 Å². The Kier molecular flexibility index (Phi) is 10.8. The third-order valence-electron chi connectivity index (χ3n) is 5.68. The summed E-state index contributed by atoms with van der Waals surface area (Å²) >= 11 is 0. The van der Waals surface area contributed by atoms with Crippen molar-refractivity contribution in [3.63, 3.8) is 0 Å². The molecule has 1 fully saturated rings. The Balaban J connectivity index is 0.00000420. The molecule has 2 heterocycles. The number of rotatable bonds is 8. The first-order valence-electron chi connectivity index (χ1n) is 10.4. The largest absolute Gasteiger partial charge is 0.379 e. The van der Waals surface area contributed by atoms with Gasteiger partial charge in [-0.2, -0.15) is 0 Å². The number of aromatic nitrogens is 3. The highest BCUT2D eigenvalue weighted by molar-refractivity contribution is 14.0. The maximum absolute atomic E-state index is 5.68. The Morgan fingerprint density at radius 1 is 1.31 bits per heavy atom. The predicted octanol–water partition coefficient (Wildman–Crippen LogP) is 2.32. The minimum Gasteiger partial charge on any atom is -0.379 e. The number of nitrogens with zero attached hydrogens (tertiary/aromatic N) is 5. The zero-order valence-corrected chi connectivity index (χ0v) is 21.5. The Labute approximate surface area is 193 Å². The SMILES string of the molecule is CCN1CCCC1CNC(=NCc1nnc(C)n1C)NCC(OC)C(C)(C)C.I. The van der Waals surface area contributed by atoms with E-state index in [0.717, 1.165) is 30.7 Å². The molecule has 8 nitrogen and oxygen atoms in total. The highest BCUT2D eigenvalue weighted by atomic mass is 127. The second-order valence-electron chi connectivity index (χ2n) is 8.66. The Morgan fingerprint density at radius 3 is 2.59 bits per heavy atom. The summed E-state index contributed by atoms with van der Waals surface area (Å²) in [5, 5.41) is 15.3. The highest BCUT2D eigenvalue weighted by Gasteiger charge is 2.25. The average Bonchev–Trinajstić information content (AvgIpc) is 3.23. The van der Waals surface area contributed by atoms with Crippen molar-refractivity contribution in [1.82, 2.24) is 30.3 Å². The second kappa shape index (κ2) is 12.0. The summed E-state index contributed by atoms with van der Waals surface area (Å²) in [5.74, 6) is 2.55. The van der Waals surface area contributed by atoms with Gasteiger partial charge in [-0.15, -0.1) is 34.2 Å². The van der Waals surface area contributed by atoms with Crippen molar-refractivity contribution in [3.8, 4) is 0 Å². The van der Waals surface area contributed by atoms with Crippen molar-refractivity contribution in [2.75, 3.05) is 33.3 Å². The fourth-order valence-electron chi connectivity index (χ4n) is 3.60. The quantitative estimate of drug-likeness (QED) is 0.311. The van der Waals surface area contributed by atoms with Crippen LogP contribution in [0.1, 0.15) is 52.2 Å². The maximum atomic E-state index is 5.68. The minimum absolute atomic E-state index is 0. The molecule has 2 unspecified atom stereocenters. The van der Waals surface area contributed by atoms with Crippen LogP contribution in [0.4, 0.5) is 0 Å². The number of halogens is 1. The highest BCUT2D eigenvalue weighted by Crippen LogP contribution is 2.21. The molecule has 1 aromatic rings. The van der Waals surface area contributed by atoms with E-state index in [-0.39, 0.29) is 35.5 Å². The summed E-state index contributed by atoms with van der Waals surface area (Å²) < 4.78 is 7.66. The smallest absolute Gasteiger partial charge is 0.191 e. The van der Waals surface area contributed by atoms with Crippen LogP contribution in [-0.4, -0.2) is 71.1 Å². The molecule has 2 rings (SSSR count). The normalized spacial score (nSPS) is 19.1. The van der Waals surface area contributed by atoms with Crippen molar-refractivity contribution in [3.05, 3.63) is 11.6 Å². The van der Waals surface area contributed by atoms with Gasteiger partial charge in [0, 0.05) is 33.3 Å². The monoisotopic (exact) mass is 521 g/mol. The second-order valence-corrected chi connectivity index (χ2v) is 8.66. The van der Waals surface area contributed by atoms with Crippen LogP contribution in [0.25, 0.3) is 0 Å². The molecule has 0 aromatic carbocycles. The zero-order chi connectivity index (χ0) is 20.7. The van der Waals surface area contributed by atoms with E-state index in [1.807, 2.05) is 18.5 Å². The van der Waals surface area contributed by atoms with E-state index >= 15 is 0 Å². The van der Waals surface area contributed by atoms with Crippen molar-refractivity contribution < 1.29 is 4.74 Å². The van der Waals surface area contributed by atoms with Gasteiger partial charge in [-0.1, -0.05) is 27.7 Å². The zero-order valence-electron chi connectivity index (χ0n) is 19.2. The number of hydrogen-bond acceptors (Lipinski definition) is 5. The molecule has 0 amide bonds. The van der Waals surface area contributed by atoms with Crippen molar-refractivity contribution >= 4 is 29.9 Å². The van der Waals surface area contributed by atoms with Crippen LogP contribution < -0.4 is 10.6 Å². The first-order valence-corrected chi connectivity index (χ1v) is 10.4. The Morgan fingerprint density at radius 2 is 2.03 bits per heavy atom. The third kappa shape index (κ3) is 7.67. The van der Waals surface area contributed by atoms with Crippen LogP contribution >= 0.6 is 24.0 Å². The number of likely N-dealkylation sites (N-methyl/N-ethyl adjacent to an activating group) is 1. The standard InChI is InChI=1S/C20H39N7O.HI/c1-8-27-11-9-10-16(27)12-21-19(22-13-17(28-7)20(3,4)5)23-14-18-25-24-15(2)26(18)6;/h16-17H,8-14H2,1-7H3,(H2,21,22,23);1H. The van der Waals surface area contributed by atoms with Gasteiger partial charge in [0.2, 0.25) is 0 Å². The molecule has 0 bridgehead atoms. The number of methoxy groups -OCH3 is 1. The maximum Gasteiger partial charge on any atom is 0.191 e.